The van der Waals surface area contributed by atoms with Crippen molar-refractivity contribution in [2.75, 3.05) is 13.1 Å². The Morgan fingerprint density at radius 3 is 1.64 bits per heavy atom. The van der Waals surface area contributed by atoms with Crippen LogP contribution in [0.5, 0.6) is 0 Å². The Labute approximate surface area is 66.5 Å². The van der Waals surface area contributed by atoms with Gasteiger partial charge < -0.3 is 0 Å². The predicted octanol–water partition coefficient (Wildman–Crippen LogP) is 3.03. The highest BCUT2D eigenvalue weighted by Crippen LogP contribution is 2.56. The molecule has 0 radical (unpaired) electrons. The minimum atomic E-state index is -5.10. The first-order valence-electron chi connectivity index (χ1n) is 2.91. The van der Waals surface area contributed by atoms with Crippen LogP contribution in [0.4, 0.5) is 11.7 Å². The maximum absolute atomic E-state index is 12.0. The molecule has 0 aliphatic rings. The lowest BCUT2D eigenvalue weighted by atomic mass is 10.5. The second kappa shape index (κ2) is 4.46. The van der Waals surface area contributed by atoms with Gasteiger partial charge in [0, 0.05) is 13.1 Å². The molecule has 0 unspecified atom stereocenters. The van der Waals surface area contributed by atoms with Crippen molar-refractivity contribution >= 4 is 11.4 Å². The van der Waals surface area contributed by atoms with E-state index in [9.17, 15) is 11.7 Å². The number of hydrogen-bond donors (Lipinski definition) is 0. The van der Waals surface area contributed by atoms with E-state index in [2.05, 4.69) is 13.2 Å². The summed E-state index contributed by atoms with van der Waals surface area (Å²) in [6.07, 6.45) is 2.45. The molecule has 0 aromatic rings. The molecule has 0 saturated carbocycles. The lowest BCUT2D eigenvalue weighted by molar-refractivity contribution is 0.444. The minimum Gasteiger partial charge on any atom is -0.185 e. The van der Waals surface area contributed by atoms with Crippen LogP contribution < -0.4 is 0 Å². The third-order valence-corrected chi connectivity index (χ3v) is 1.84. The molecule has 11 heavy (non-hydrogen) atoms. The van der Waals surface area contributed by atoms with Gasteiger partial charge in [-0.25, -0.2) is 0 Å². The number of nitrogens with zero attached hydrogens (tertiary/aromatic N) is 1. The third-order valence-electron chi connectivity index (χ3n) is 0.958. The summed E-state index contributed by atoms with van der Waals surface area (Å²) in [5, 5.41) is 0. The van der Waals surface area contributed by atoms with Crippen LogP contribution in [0, 0.1) is 0 Å². The molecule has 66 valence electrons. The first-order chi connectivity index (χ1) is 5.02. The van der Waals surface area contributed by atoms with E-state index < -0.39 is 11.4 Å². The first kappa shape index (κ1) is 10.6. The maximum atomic E-state index is 12.0. The zero-order valence-electron chi connectivity index (χ0n) is 5.97. The summed E-state index contributed by atoms with van der Waals surface area (Å²) in [7, 11) is 0. The molecular formula is C6H10F3NS. The molecule has 0 saturated heterocycles. The topological polar surface area (TPSA) is 3.24 Å². The van der Waals surface area contributed by atoms with Crippen molar-refractivity contribution in [2.24, 2.45) is 0 Å². The van der Waals surface area contributed by atoms with Crippen molar-refractivity contribution in [1.29, 1.82) is 0 Å². The van der Waals surface area contributed by atoms with Crippen LogP contribution in [0.25, 0.3) is 0 Å². The molecule has 0 aromatic heterocycles. The average Bonchev–Trinajstić information content (AvgIpc) is 1.85. The average molecular weight is 185 g/mol. The zero-order chi connectivity index (χ0) is 8.91. The van der Waals surface area contributed by atoms with E-state index in [0.29, 0.717) is 4.31 Å². The normalized spacial score (nSPS) is 13.1. The fourth-order valence-corrected chi connectivity index (χ4v) is 1.08. The Kier molecular flexibility index (Phi) is 4.29. The van der Waals surface area contributed by atoms with Gasteiger partial charge in [-0.3, -0.25) is 0 Å². The van der Waals surface area contributed by atoms with E-state index in [-0.39, 0.29) is 13.1 Å². The fraction of sp³-hybridized carbons (Fsp3) is 0.333. The van der Waals surface area contributed by atoms with E-state index in [0.717, 1.165) is 0 Å². The van der Waals surface area contributed by atoms with Crippen LogP contribution in [0.3, 0.4) is 0 Å². The van der Waals surface area contributed by atoms with Crippen molar-refractivity contribution in [3.05, 3.63) is 25.3 Å². The molecule has 0 aliphatic heterocycles. The summed E-state index contributed by atoms with van der Waals surface area (Å²) in [6, 6.07) is 0. The van der Waals surface area contributed by atoms with Crippen LogP contribution in [0.2, 0.25) is 0 Å². The van der Waals surface area contributed by atoms with Crippen molar-refractivity contribution in [3.8, 4) is 0 Å². The predicted molar refractivity (Wildman–Crippen MR) is 42.9 cm³/mol. The summed E-state index contributed by atoms with van der Waals surface area (Å²) in [5.41, 5.74) is 0. The van der Waals surface area contributed by atoms with E-state index in [4.69, 9.17) is 0 Å². The lowest BCUT2D eigenvalue weighted by Gasteiger charge is -2.23. The molecule has 0 amide bonds. The SMILES string of the molecule is C=CCN(CC=C)S(F)(F)F. The van der Waals surface area contributed by atoms with Gasteiger partial charge in [0.1, 0.15) is 0 Å². The van der Waals surface area contributed by atoms with Crippen LogP contribution in [-0.2, 0) is 0 Å². The highest BCUT2D eigenvalue weighted by Gasteiger charge is 2.28. The van der Waals surface area contributed by atoms with Crippen molar-refractivity contribution < 1.29 is 11.7 Å². The van der Waals surface area contributed by atoms with E-state index in [1.165, 1.54) is 12.2 Å². The Hall–Kier alpha value is -0.420. The third kappa shape index (κ3) is 4.10. The van der Waals surface area contributed by atoms with Crippen LogP contribution in [0.1, 0.15) is 0 Å². The van der Waals surface area contributed by atoms with Crippen molar-refractivity contribution in [3.63, 3.8) is 0 Å². The van der Waals surface area contributed by atoms with Gasteiger partial charge in [0.05, 0.1) is 0 Å². The minimum absolute atomic E-state index is 0.162. The Morgan fingerprint density at radius 2 is 1.45 bits per heavy atom. The van der Waals surface area contributed by atoms with Gasteiger partial charge in [0.2, 0.25) is 0 Å². The largest absolute Gasteiger partial charge is 0.278 e. The molecule has 0 fully saturated rings. The van der Waals surface area contributed by atoms with E-state index in [1.54, 1.807) is 0 Å². The van der Waals surface area contributed by atoms with Gasteiger partial charge in [-0.1, -0.05) is 12.2 Å². The zero-order valence-corrected chi connectivity index (χ0v) is 6.79. The van der Waals surface area contributed by atoms with Crippen LogP contribution >= 0.6 is 11.4 Å². The van der Waals surface area contributed by atoms with Gasteiger partial charge in [0.25, 0.3) is 11.4 Å². The van der Waals surface area contributed by atoms with Gasteiger partial charge in [-0.15, -0.1) is 24.8 Å². The summed E-state index contributed by atoms with van der Waals surface area (Å²) in [6.45, 7) is 6.14. The standard InChI is InChI=1S/C6H10F3NS/c1-3-5-10(6-4-2)11(7,8)9/h3-4H,1-2,5-6H2. The summed E-state index contributed by atoms with van der Waals surface area (Å²) in [4.78, 5) is 0. The second-order valence-corrected chi connectivity index (χ2v) is 3.09. The summed E-state index contributed by atoms with van der Waals surface area (Å²) >= 11 is -5.10. The molecule has 5 heteroatoms. The van der Waals surface area contributed by atoms with Gasteiger partial charge >= 0.3 is 0 Å². The monoisotopic (exact) mass is 185 g/mol. The molecule has 0 aromatic carbocycles. The van der Waals surface area contributed by atoms with Crippen LogP contribution in [0.15, 0.2) is 25.3 Å². The van der Waals surface area contributed by atoms with Gasteiger partial charge in [0.15, 0.2) is 0 Å². The highest BCUT2D eigenvalue weighted by atomic mass is 32.3. The molecule has 0 atom stereocenters. The quantitative estimate of drug-likeness (QED) is 0.595. The fourth-order valence-electron chi connectivity index (χ4n) is 0.532. The molecule has 1 nitrogen and oxygen atoms in total. The van der Waals surface area contributed by atoms with Crippen molar-refractivity contribution in [1.82, 2.24) is 4.31 Å². The van der Waals surface area contributed by atoms with Crippen molar-refractivity contribution in [2.45, 2.75) is 0 Å². The molecular weight excluding hydrogens is 175 g/mol. The number of halogens is 3. The van der Waals surface area contributed by atoms with Gasteiger partial charge in [-0.05, 0) is 0 Å². The second-order valence-electron chi connectivity index (χ2n) is 1.81. The lowest BCUT2D eigenvalue weighted by Crippen LogP contribution is -2.20. The molecule has 0 bridgehead atoms. The Bertz CT molecular complexity index is 133. The summed E-state index contributed by atoms with van der Waals surface area (Å²) in [5.74, 6) is 0. The van der Waals surface area contributed by atoms with E-state index in [1.807, 2.05) is 0 Å². The smallest absolute Gasteiger partial charge is 0.185 e. The van der Waals surface area contributed by atoms with Gasteiger partial charge in [-0.2, -0.15) is 4.31 Å². The Morgan fingerprint density at radius 1 is 1.09 bits per heavy atom. The van der Waals surface area contributed by atoms with Crippen LogP contribution in [-0.4, -0.2) is 17.4 Å². The highest BCUT2D eigenvalue weighted by molar-refractivity contribution is 8.18. The molecule has 0 N–H and O–H groups in total. The number of hydrogen-bond acceptors (Lipinski definition) is 1. The summed E-state index contributed by atoms with van der Waals surface area (Å²) < 4.78 is 36.4. The van der Waals surface area contributed by atoms with E-state index >= 15 is 0 Å². The molecule has 0 heterocycles. The maximum Gasteiger partial charge on any atom is 0.278 e. The number of rotatable bonds is 5. The Balaban J connectivity index is 4.08. The first-order valence-corrected chi connectivity index (χ1v) is 4.20. The molecule has 0 spiro atoms. The molecule has 0 rings (SSSR count). The molecule has 0 aliphatic carbocycles.